The molecule has 46 heavy (non-hydrogen) atoms. The van der Waals surface area contributed by atoms with E-state index in [9.17, 15) is 22.8 Å². The summed E-state index contributed by atoms with van der Waals surface area (Å²) in [6, 6.07) is 10.9. The largest absolute Gasteiger partial charge is 0.497 e. The lowest BCUT2D eigenvalue weighted by atomic mass is 9.85. The van der Waals surface area contributed by atoms with Gasteiger partial charge in [-0.3, -0.25) is 14.5 Å². The number of likely N-dealkylation sites (tertiary alicyclic amines) is 2. The molecule has 0 N–H and O–H groups in total. The molecule has 2 aromatic rings. The second-order valence-electron chi connectivity index (χ2n) is 13.8. The normalized spacial score (nSPS) is 24.8. The molecule has 11 heteroatoms. The first kappa shape index (κ1) is 34.0. The minimum atomic E-state index is -4.52. The highest BCUT2D eigenvalue weighted by molar-refractivity contribution is 5.88. The molecule has 252 valence electrons. The van der Waals surface area contributed by atoms with Crippen LogP contribution in [0.15, 0.2) is 42.5 Å². The van der Waals surface area contributed by atoms with Crippen LogP contribution in [0.5, 0.6) is 5.75 Å². The van der Waals surface area contributed by atoms with Crippen molar-refractivity contribution in [2.24, 2.45) is 5.92 Å². The Bertz CT molecular complexity index is 1400. The summed E-state index contributed by atoms with van der Waals surface area (Å²) in [5.41, 5.74) is -1.39. The number of carbonyl (C=O) groups is 2. The van der Waals surface area contributed by atoms with Crippen molar-refractivity contribution in [3.63, 3.8) is 0 Å². The van der Waals surface area contributed by atoms with Gasteiger partial charge in [-0.05, 0) is 82.3 Å². The standard InChI is InChI=1S/C35H45F4N3O4/c1-6-46-31(43)24-13-16-40(17-14-24)30-19-26(35(37,38)39)9-12-28(30)25-15-18-41(20-25)32(44)34(36)22-42(33(2,3)4)21-29(34)23-7-10-27(45-5)11-8-23/h7-12,19,24-25,29H,6,13-18,20-22H2,1-5H3/t25?,29-,34-/m0/s1. The maximum absolute atomic E-state index is 17.3. The minimum absolute atomic E-state index is 0.0475. The highest BCUT2D eigenvalue weighted by Gasteiger charge is 2.57. The molecule has 3 aliphatic heterocycles. The second-order valence-corrected chi connectivity index (χ2v) is 13.8. The highest BCUT2D eigenvalue weighted by atomic mass is 19.4. The molecule has 0 saturated carbocycles. The molecular formula is C35H45F4N3O4. The Morgan fingerprint density at radius 2 is 1.63 bits per heavy atom. The van der Waals surface area contributed by atoms with Gasteiger partial charge in [0.25, 0.3) is 5.91 Å². The summed E-state index contributed by atoms with van der Waals surface area (Å²) in [6.45, 7) is 9.70. The molecule has 0 aromatic heterocycles. The number of esters is 1. The summed E-state index contributed by atoms with van der Waals surface area (Å²) in [5.74, 6) is -1.44. The van der Waals surface area contributed by atoms with Gasteiger partial charge in [0.05, 0.1) is 25.2 Å². The Hall–Kier alpha value is -3.34. The molecule has 0 spiro atoms. The molecule has 2 aromatic carbocycles. The van der Waals surface area contributed by atoms with Gasteiger partial charge >= 0.3 is 12.1 Å². The minimum Gasteiger partial charge on any atom is -0.497 e. The number of hydrogen-bond donors (Lipinski definition) is 0. The van der Waals surface area contributed by atoms with Crippen molar-refractivity contribution in [1.29, 1.82) is 0 Å². The maximum Gasteiger partial charge on any atom is 0.416 e. The average molecular weight is 648 g/mol. The van der Waals surface area contributed by atoms with Crippen LogP contribution < -0.4 is 9.64 Å². The quantitative estimate of drug-likeness (QED) is 0.256. The lowest BCUT2D eigenvalue weighted by Gasteiger charge is -2.35. The SMILES string of the molecule is CCOC(=O)C1CCN(c2cc(C(F)(F)F)ccc2C2CCN(C(=O)[C@]3(F)CN(C(C)(C)C)C[C@H]3c3ccc(OC)cc3)C2)CC1. The summed E-state index contributed by atoms with van der Waals surface area (Å²) in [4.78, 5) is 31.9. The van der Waals surface area contributed by atoms with Gasteiger partial charge < -0.3 is 19.3 Å². The van der Waals surface area contributed by atoms with Crippen molar-refractivity contribution in [3.05, 3.63) is 59.2 Å². The van der Waals surface area contributed by atoms with Gasteiger partial charge in [-0.25, -0.2) is 4.39 Å². The molecule has 3 aliphatic rings. The average Bonchev–Trinajstić information content (AvgIpc) is 3.66. The van der Waals surface area contributed by atoms with Crippen LogP contribution in [0.2, 0.25) is 0 Å². The first-order chi connectivity index (χ1) is 21.7. The third-order valence-corrected chi connectivity index (χ3v) is 9.93. The number of anilines is 1. The number of carbonyl (C=O) groups excluding carboxylic acids is 2. The van der Waals surface area contributed by atoms with Crippen molar-refractivity contribution in [2.45, 2.75) is 76.2 Å². The summed E-state index contributed by atoms with van der Waals surface area (Å²) < 4.78 is 69.2. The fraction of sp³-hybridized carbons (Fsp3) is 0.600. The molecule has 0 bridgehead atoms. The molecule has 7 nitrogen and oxygen atoms in total. The Morgan fingerprint density at radius 3 is 2.22 bits per heavy atom. The molecule has 0 radical (unpaired) electrons. The number of halogens is 4. The van der Waals surface area contributed by atoms with E-state index < -0.39 is 29.2 Å². The molecule has 3 fully saturated rings. The van der Waals surface area contributed by atoms with Crippen LogP contribution in [0.3, 0.4) is 0 Å². The van der Waals surface area contributed by atoms with E-state index >= 15 is 4.39 Å². The molecule has 1 unspecified atom stereocenters. The van der Waals surface area contributed by atoms with Crippen molar-refractivity contribution in [3.8, 4) is 5.75 Å². The number of piperidine rings is 1. The Balaban J connectivity index is 1.39. The van der Waals surface area contributed by atoms with E-state index in [-0.39, 0.29) is 43.0 Å². The summed E-state index contributed by atoms with van der Waals surface area (Å²) in [5, 5.41) is 0. The van der Waals surface area contributed by atoms with Crippen LogP contribution in [-0.4, -0.2) is 85.9 Å². The maximum atomic E-state index is 17.3. The van der Waals surface area contributed by atoms with Gasteiger partial charge in [0, 0.05) is 62.3 Å². The van der Waals surface area contributed by atoms with E-state index in [0.29, 0.717) is 62.4 Å². The lowest BCUT2D eigenvalue weighted by Crippen LogP contribution is -2.51. The summed E-state index contributed by atoms with van der Waals surface area (Å²) >= 11 is 0. The smallest absolute Gasteiger partial charge is 0.416 e. The van der Waals surface area contributed by atoms with Gasteiger partial charge in [0.15, 0.2) is 0 Å². The van der Waals surface area contributed by atoms with Gasteiger partial charge in [0.2, 0.25) is 5.67 Å². The molecule has 3 heterocycles. The van der Waals surface area contributed by atoms with Crippen LogP contribution >= 0.6 is 0 Å². The summed E-state index contributed by atoms with van der Waals surface area (Å²) in [7, 11) is 1.56. The number of benzene rings is 2. The molecule has 0 aliphatic carbocycles. The fourth-order valence-corrected chi connectivity index (χ4v) is 7.17. The van der Waals surface area contributed by atoms with Gasteiger partial charge in [0.1, 0.15) is 5.75 Å². The van der Waals surface area contributed by atoms with E-state index in [2.05, 4.69) is 0 Å². The van der Waals surface area contributed by atoms with Gasteiger partial charge in [-0.15, -0.1) is 0 Å². The monoisotopic (exact) mass is 647 g/mol. The first-order valence-corrected chi connectivity index (χ1v) is 16.2. The molecular weight excluding hydrogens is 602 g/mol. The number of alkyl halides is 4. The summed E-state index contributed by atoms with van der Waals surface area (Å²) in [6.07, 6.45) is -3.06. The fourth-order valence-electron chi connectivity index (χ4n) is 7.17. The van der Waals surface area contributed by atoms with Crippen molar-refractivity contribution in [2.75, 3.05) is 57.9 Å². The Kier molecular flexibility index (Phi) is 9.64. The third-order valence-electron chi connectivity index (χ3n) is 9.93. The molecule has 3 atom stereocenters. The predicted molar refractivity (Wildman–Crippen MR) is 168 cm³/mol. The van der Waals surface area contributed by atoms with Gasteiger partial charge in [-0.2, -0.15) is 13.2 Å². The Morgan fingerprint density at radius 1 is 0.957 bits per heavy atom. The first-order valence-electron chi connectivity index (χ1n) is 16.2. The molecule has 1 amide bonds. The van der Waals surface area contributed by atoms with E-state index in [1.165, 1.54) is 12.1 Å². The van der Waals surface area contributed by atoms with E-state index in [1.807, 2.05) is 42.7 Å². The van der Waals surface area contributed by atoms with Crippen molar-refractivity contribution < 1.29 is 36.6 Å². The van der Waals surface area contributed by atoms with Gasteiger partial charge in [-0.1, -0.05) is 18.2 Å². The predicted octanol–water partition coefficient (Wildman–Crippen LogP) is 6.42. The van der Waals surface area contributed by atoms with E-state index in [1.54, 1.807) is 31.1 Å². The zero-order valence-corrected chi connectivity index (χ0v) is 27.3. The molecule has 3 saturated heterocycles. The zero-order chi connectivity index (χ0) is 33.4. The Labute approximate surface area is 268 Å². The number of amides is 1. The molecule has 5 rings (SSSR count). The van der Waals surface area contributed by atoms with Crippen LogP contribution in [0.4, 0.5) is 23.2 Å². The van der Waals surface area contributed by atoms with E-state index in [0.717, 1.165) is 11.6 Å². The van der Waals surface area contributed by atoms with Crippen LogP contribution in [-0.2, 0) is 20.5 Å². The van der Waals surface area contributed by atoms with Crippen LogP contribution in [0, 0.1) is 5.92 Å². The number of rotatable bonds is 7. The zero-order valence-electron chi connectivity index (χ0n) is 27.3. The third kappa shape index (κ3) is 6.85. The lowest BCUT2D eigenvalue weighted by molar-refractivity contribution is -0.148. The number of ether oxygens (including phenoxy) is 2. The number of hydrogen-bond acceptors (Lipinski definition) is 6. The van der Waals surface area contributed by atoms with Crippen molar-refractivity contribution >= 4 is 17.6 Å². The van der Waals surface area contributed by atoms with Crippen LogP contribution in [0.1, 0.15) is 75.5 Å². The van der Waals surface area contributed by atoms with Crippen LogP contribution in [0.25, 0.3) is 0 Å². The highest BCUT2D eigenvalue weighted by Crippen LogP contribution is 2.46. The number of methoxy groups -OCH3 is 1. The van der Waals surface area contributed by atoms with E-state index in [4.69, 9.17) is 9.47 Å². The second kappa shape index (κ2) is 13.0. The number of nitrogens with zero attached hydrogens (tertiary/aromatic N) is 3. The topological polar surface area (TPSA) is 62.3 Å². The van der Waals surface area contributed by atoms with Crippen molar-refractivity contribution in [1.82, 2.24) is 9.80 Å².